The van der Waals surface area contributed by atoms with Gasteiger partial charge in [-0.05, 0) is 34.6 Å². The van der Waals surface area contributed by atoms with Crippen molar-refractivity contribution in [2.24, 2.45) is 11.1 Å². The molecule has 0 spiro atoms. The molecule has 0 aliphatic carbocycles. The van der Waals surface area contributed by atoms with Crippen LogP contribution in [0.15, 0.2) is 12.2 Å². The zero-order valence-electron chi connectivity index (χ0n) is 11.8. The molecule has 2 N–H and O–H groups in total. The zero-order valence-corrected chi connectivity index (χ0v) is 11.8. The van der Waals surface area contributed by atoms with Crippen molar-refractivity contribution in [2.75, 3.05) is 13.2 Å². The minimum atomic E-state index is -0.894. The summed E-state index contributed by atoms with van der Waals surface area (Å²) in [5.41, 5.74) is 4.15. The number of carbonyl (C=O) groups excluding carboxylic acids is 2. The smallest absolute Gasteiger partial charge is 0.333 e. The Morgan fingerprint density at radius 1 is 1.22 bits per heavy atom. The Balaban J connectivity index is 4.44. The van der Waals surface area contributed by atoms with E-state index in [1.54, 1.807) is 34.6 Å². The molecule has 5 heteroatoms. The van der Waals surface area contributed by atoms with Crippen molar-refractivity contribution in [3.8, 4) is 0 Å². The van der Waals surface area contributed by atoms with Gasteiger partial charge < -0.3 is 15.2 Å². The summed E-state index contributed by atoms with van der Waals surface area (Å²) in [7, 11) is 0. The van der Waals surface area contributed by atoms with Crippen LogP contribution in [0.2, 0.25) is 0 Å². The van der Waals surface area contributed by atoms with Crippen LogP contribution in [-0.2, 0) is 19.1 Å². The fourth-order valence-electron chi connectivity index (χ4n) is 0.864. The van der Waals surface area contributed by atoms with E-state index in [0.29, 0.717) is 5.57 Å². The number of nitrogens with two attached hydrogens (primary N) is 1. The monoisotopic (exact) mass is 257 g/mol. The zero-order chi connectivity index (χ0) is 14.6. The van der Waals surface area contributed by atoms with Gasteiger partial charge in [0.25, 0.3) is 0 Å². The van der Waals surface area contributed by atoms with Crippen molar-refractivity contribution in [3.63, 3.8) is 0 Å². The van der Waals surface area contributed by atoms with Crippen LogP contribution < -0.4 is 5.73 Å². The van der Waals surface area contributed by atoms with Crippen LogP contribution in [0.5, 0.6) is 0 Å². The second-order valence-electron chi connectivity index (χ2n) is 5.59. The Hall–Kier alpha value is -1.36. The van der Waals surface area contributed by atoms with Gasteiger partial charge in [-0.3, -0.25) is 4.79 Å². The highest BCUT2D eigenvalue weighted by molar-refractivity contribution is 5.87. The summed E-state index contributed by atoms with van der Waals surface area (Å²) in [4.78, 5) is 23.1. The second-order valence-corrected chi connectivity index (χ2v) is 5.59. The minimum Gasteiger partial charge on any atom is -0.458 e. The van der Waals surface area contributed by atoms with Gasteiger partial charge >= 0.3 is 11.9 Å². The number of carbonyl (C=O) groups is 2. The topological polar surface area (TPSA) is 78.6 Å². The molecule has 104 valence electrons. The molecule has 0 amide bonds. The fourth-order valence-corrected chi connectivity index (χ4v) is 0.864. The van der Waals surface area contributed by atoms with E-state index in [4.69, 9.17) is 15.2 Å². The van der Waals surface area contributed by atoms with Crippen LogP contribution in [0.3, 0.4) is 0 Å². The highest BCUT2D eigenvalue weighted by Gasteiger charge is 2.33. The van der Waals surface area contributed by atoms with Gasteiger partial charge in [-0.2, -0.15) is 0 Å². The molecule has 0 saturated heterocycles. The summed E-state index contributed by atoms with van der Waals surface area (Å²) in [5, 5.41) is 0. The number of hydrogen-bond donors (Lipinski definition) is 1. The van der Waals surface area contributed by atoms with Crippen LogP contribution >= 0.6 is 0 Å². The van der Waals surface area contributed by atoms with E-state index in [2.05, 4.69) is 6.58 Å². The molecular formula is C13H23NO4. The first-order valence-corrected chi connectivity index (χ1v) is 5.78. The van der Waals surface area contributed by atoms with Gasteiger partial charge in [-0.1, -0.05) is 6.58 Å². The molecule has 0 aliphatic rings. The summed E-state index contributed by atoms with van der Waals surface area (Å²) in [5.74, 6) is -0.918. The van der Waals surface area contributed by atoms with Crippen molar-refractivity contribution in [2.45, 2.75) is 40.2 Å². The van der Waals surface area contributed by atoms with Gasteiger partial charge in [0.1, 0.15) is 12.2 Å². The van der Waals surface area contributed by atoms with Gasteiger partial charge in [0.05, 0.1) is 5.41 Å². The summed E-state index contributed by atoms with van der Waals surface area (Å²) in [6.45, 7) is 11.9. The van der Waals surface area contributed by atoms with Gasteiger partial charge in [0, 0.05) is 12.1 Å². The Bertz CT molecular complexity index is 345. The molecule has 0 aliphatic heterocycles. The molecule has 0 aromatic carbocycles. The molecular weight excluding hydrogens is 234 g/mol. The quantitative estimate of drug-likeness (QED) is 0.575. The number of ether oxygens (including phenoxy) is 2. The van der Waals surface area contributed by atoms with Gasteiger partial charge in [-0.15, -0.1) is 0 Å². The maximum Gasteiger partial charge on any atom is 0.333 e. The van der Waals surface area contributed by atoms with E-state index < -0.39 is 23.0 Å². The van der Waals surface area contributed by atoms with E-state index >= 15 is 0 Å². The Morgan fingerprint density at radius 2 is 1.72 bits per heavy atom. The van der Waals surface area contributed by atoms with Crippen molar-refractivity contribution < 1.29 is 19.1 Å². The molecule has 0 bridgehead atoms. The summed E-state index contributed by atoms with van der Waals surface area (Å²) in [6.07, 6.45) is 0. The summed E-state index contributed by atoms with van der Waals surface area (Å²) < 4.78 is 10.3. The standard InChI is InChI=1S/C13H23NO4/c1-9(2)10(15)17-8-13(5,6)18-11(16)12(3,4)7-14/h1,7-8,14H2,2-6H3. The molecule has 0 saturated carbocycles. The lowest BCUT2D eigenvalue weighted by Gasteiger charge is -2.29. The van der Waals surface area contributed by atoms with Crippen molar-refractivity contribution >= 4 is 11.9 Å². The number of rotatable bonds is 6. The lowest BCUT2D eigenvalue weighted by atomic mass is 9.94. The third kappa shape index (κ3) is 5.31. The van der Waals surface area contributed by atoms with Gasteiger partial charge in [0.2, 0.25) is 0 Å². The molecule has 0 radical (unpaired) electrons. The van der Waals surface area contributed by atoms with E-state index in [1.807, 2.05) is 0 Å². The Labute approximate surface area is 108 Å². The average molecular weight is 257 g/mol. The molecule has 0 atom stereocenters. The maximum atomic E-state index is 11.8. The molecule has 5 nitrogen and oxygen atoms in total. The normalized spacial score (nSPS) is 11.9. The summed E-state index contributed by atoms with van der Waals surface area (Å²) in [6, 6.07) is 0. The fraction of sp³-hybridized carbons (Fsp3) is 0.692. The number of esters is 2. The van der Waals surface area contributed by atoms with E-state index in [0.717, 1.165) is 0 Å². The Kier molecular flexibility index (Phi) is 5.55. The van der Waals surface area contributed by atoms with Crippen LogP contribution in [0.1, 0.15) is 34.6 Å². The largest absolute Gasteiger partial charge is 0.458 e. The predicted molar refractivity (Wildman–Crippen MR) is 68.8 cm³/mol. The first-order valence-electron chi connectivity index (χ1n) is 5.78. The van der Waals surface area contributed by atoms with Crippen LogP contribution in [0.4, 0.5) is 0 Å². The Morgan fingerprint density at radius 3 is 2.11 bits per heavy atom. The highest BCUT2D eigenvalue weighted by Crippen LogP contribution is 2.20. The lowest BCUT2D eigenvalue weighted by molar-refractivity contribution is -0.175. The first kappa shape index (κ1) is 16.6. The maximum absolute atomic E-state index is 11.8. The molecule has 0 heterocycles. The molecule has 0 aromatic rings. The first-order chi connectivity index (χ1) is 8.02. The predicted octanol–water partition coefficient (Wildman–Crippen LogP) is 1.41. The molecule has 0 rings (SSSR count). The summed E-state index contributed by atoms with van der Waals surface area (Å²) >= 11 is 0. The minimum absolute atomic E-state index is 0.0227. The van der Waals surface area contributed by atoms with Crippen LogP contribution in [0.25, 0.3) is 0 Å². The molecule has 0 fully saturated rings. The van der Waals surface area contributed by atoms with Crippen LogP contribution in [0, 0.1) is 5.41 Å². The highest BCUT2D eigenvalue weighted by atomic mass is 16.6. The molecule has 18 heavy (non-hydrogen) atoms. The van der Waals surface area contributed by atoms with Gasteiger partial charge in [0.15, 0.2) is 0 Å². The van der Waals surface area contributed by atoms with Crippen LogP contribution in [-0.4, -0.2) is 30.7 Å². The number of hydrogen-bond acceptors (Lipinski definition) is 5. The second kappa shape index (κ2) is 6.00. The van der Waals surface area contributed by atoms with Crippen molar-refractivity contribution in [3.05, 3.63) is 12.2 Å². The SMILES string of the molecule is C=C(C)C(=O)OCC(C)(C)OC(=O)C(C)(C)CN. The van der Waals surface area contributed by atoms with Gasteiger partial charge in [-0.25, -0.2) is 4.79 Å². The molecule has 0 aromatic heterocycles. The third-order valence-corrected chi connectivity index (χ3v) is 2.33. The lowest BCUT2D eigenvalue weighted by Crippen LogP contribution is -2.42. The van der Waals surface area contributed by atoms with Crippen molar-refractivity contribution in [1.29, 1.82) is 0 Å². The average Bonchev–Trinajstić information content (AvgIpc) is 2.25. The molecule has 0 unspecified atom stereocenters. The van der Waals surface area contributed by atoms with E-state index in [1.165, 1.54) is 0 Å². The van der Waals surface area contributed by atoms with E-state index in [-0.39, 0.29) is 13.2 Å². The van der Waals surface area contributed by atoms with Crippen molar-refractivity contribution in [1.82, 2.24) is 0 Å². The third-order valence-electron chi connectivity index (χ3n) is 2.33. The van der Waals surface area contributed by atoms with E-state index in [9.17, 15) is 9.59 Å².